The molecule has 6 heteroatoms. The van der Waals surface area contributed by atoms with Gasteiger partial charge in [-0.2, -0.15) is 0 Å². The molecule has 32 heavy (non-hydrogen) atoms. The number of carbonyl (C=O) groups excluding carboxylic acids is 1. The van der Waals surface area contributed by atoms with Crippen LogP contribution in [0.4, 0.5) is 10.7 Å². The molecular weight excluding hydrogens is 420 g/mol. The summed E-state index contributed by atoms with van der Waals surface area (Å²) in [6.07, 6.45) is 4.64. The number of carbonyl (C=O) groups is 1. The van der Waals surface area contributed by atoms with Gasteiger partial charge in [-0.3, -0.25) is 4.79 Å². The third-order valence-corrected chi connectivity index (χ3v) is 7.29. The number of aliphatic imine (C=N–C) groups is 1. The van der Waals surface area contributed by atoms with E-state index in [-0.39, 0.29) is 11.3 Å². The number of nitrogens with one attached hydrogen (secondary N) is 1. The second kappa shape index (κ2) is 8.94. The zero-order valence-electron chi connectivity index (χ0n) is 19.3. The maximum atomic E-state index is 13.5. The Morgan fingerprint density at radius 2 is 2.03 bits per heavy atom. The van der Waals surface area contributed by atoms with Crippen molar-refractivity contribution in [1.29, 1.82) is 0 Å². The first-order chi connectivity index (χ1) is 15.3. The zero-order valence-corrected chi connectivity index (χ0v) is 20.1. The van der Waals surface area contributed by atoms with Gasteiger partial charge < -0.3 is 14.5 Å². The predicted octanol–water partition coefficient (Wildman–Crippen LogP) is 6.81. The number of nitrogens with zero attached hydrogens (tertiary/aromatic N) is 1. The van der Waals surface area contributed by atoms with Crippen molar-refractivity contribution in [3.05, 3.63) is 63.9 Å². The fraction of sp³-hybridized carbons (Fsp3) is 0.385. The molecular formula is C26H30N2O3S. The standard InChI is InChI=1S/C26H30N2O3S/c1-16-10-12-18(31-16)15-27-25-23(24(29)28-20-8-6-7-9-21(20)30-5)19-13-11-17(26(2,3)4)14-22(19)32-25/h6-10,12,15,17H,11,13-14H2,1-5H3,(H,28,29)/b27-15-. The molecule has 0 radical (unpaired) electrons. The van der Waals surface area contributed by atoms with Gasteiger partial charge in [-0.1, -0.05) is 32.9 Å². The Balaban J connectivity index is 1.71. The maximum absolute atomic E-state index is 13.5. The van der Waals surface area contributed by atoms with Gasteiger partial charge in [0.25, 0.3) is 5.91 Å². The Labute approximate surface area is 193 Å². The van der Waals surface area contributed by atoms with Crippen LogP contribution >= 0.6 is 11.3 Å². The summed E-state index contributed by atoms with van der Waals surface area (Å²) in [6, 6.07) is 11.2. The number of fused-ring (bicyclic) bond motifs is 1. The van der Waals surface area contributed by atoms with E-state index in [1.807, 2.05) is 43.3 Å². The van der Waals surface area contributed by atoms with Crippen LogP contribution in [0, 0.1) is 18.3 Å². The van der Waals surface area contributed by atoms with Gasteiger partial charge in [0.15, 0.2) is 0 Å². The lowest BCUT2D eigenvalue weighted by molar-refractivity contribution is 0.102. The summed E-state index contributed by atoms with van der Waals surface area (Å²) < 4.78 is 11.0. The average molecular weight is 451 g/mol. The van der Waals surface area contributed by atoms with Crippen LogP contribution in [0.25, 0.3) is 0 Å². The highest BCUT2D eigenvalue weighted by Gasteiger charge is 2.33. The lowest BCUT2D eigenvalue weighted by Crippen LogP contribution is -2.27. The molecule has 0 aliphatic heterocycles. The van der Waals surface area contributed by atoms with Crippen LogP contribution in [0.3, 0.4) is 0 Å². The zero-order chi connectivity index (χ0) is 22.9. The number of hydrogen-bond donors (Lipinski definition) is 1. The van der Waals surface area contributed by atoms with E-state index >= 15 is 0 Å². The summed E-state index contributed by atoms with van der Waals surface area (Å²) >= 11 is 1.63. The molecule has 2 aromatic heterocycles. The van der Waals surface area contributed by atoms with E-state index in [4.69, 9.17) is 14.1 Å². The van der Waals surface area contributed by atoms with E-state index in [1.165, 1.54) is 4.88 Å². The predicted molar refractivity (Wildman–Crippen MR) is 131 cm³/mol. The second-order valence-electron chi connectivity index (χ2n) is 9.35. The molecule has 4 rings (SSSR count). The van der Waals surface area contributed by atoms with E-state index in [1.54, 1.807) is 24.7 Å². The smallest absolute Gasteiger partial charge is 0.259 e. The molecule has 0 fully saturated rings. The van der Waals surface area contributed by atoms with Crippen molar-refractivity contribution in [2.75, 3.05) is 12.4 Å². The Morgan fingerprint density at radius 3 is 2.72 bits per heavy atom. The molecule has 1 aliphatic rings. The van der Waals surface area contributed by atoms with Gasteiger partial charge in [0.2, 0.25) is 0 Å². The fourth-order valence-corrected chi connectivity index (χ4v) is 5.48. The van der Waals surface area contributed by atoms with E-state index in [9.17, 15) is 4.79 Å². The highest BCUT2D eigenvalue weighted by atomic mass is 32.1. The molecule has 1 N–H and O–H groups in total. The molecule has 5 nitrogen and oxygen atoms in total. The number of ether oxygens (including phenoxy) is 1. The van der Waals surface area contributed by atoms with Gasteiger partial charge in [0, 0.05) is 4.88 Å². The Bertz CT molecular complexity index is 1150. The van der Waals surface area contributed by atoms with Crippen LogP contribution in [0.2, 0.25) is 0 Å². The van der Waals surface area contributed by atoms with Crippen LogP contribution < -0.4 is 10.1 Å². The van der Waals surface area contributed by atoms with Gasteiger partial charge in [-0.25, -0.2) is 4.99 Å². The van der Waals surface area contributed by atoms with Crippen molar-refractivity contribution in [2.24, 2.45) is 16.3 Å². The Kier molecular flexibility index (Phi) is 6.24. The summed E-state index contributed by atoms with van der Waals surface area (Å²) in [5.41, 5.74) is 2.68. The van der Waals surface area contributed by atoms with Crippen molar-refractivity contribution >= 4 is 34.1 Å². The molecule has 0 spiro atoms. The SMILES string of the molecule is COc1ccccc1NC(=O)c1c(/N=C\c2ccc(C)o2)sc2c1CCC(C(C)(C)C)C2. The third kappa shape index (κ3) is 4.65. The largest absolute Gasteiger partial charge is 0.495 e. The summed E-state index contributed by atoms with van der Waals surface area (Å²) in [4.78, 5) is 19.4. The van der Waals surface area contributed by atoms with Crippen LogP contribution in [-0.2, 0) is 12.8 Å². The molecule has 1 aromatic carbocycles. The summed E-state index contributed by atoms with van der Waals surface area (Å²) in [5, 5.41) is 3.77. The number of amides is 1. The van der Waals surface area contributed by atoms with Gasteiger partial charge in [-0.15, -0.1) is 11.3 Å². The second-order valence-corrected chi connectivity index (χ2v) is 10.4. The van der Waals surface area contributed by atoms with Crippen LogP contribution in [0.5, 0.6) is 5.75 Å². The average Bonchev–Trinajstić information content (AvgIpc) is 3.34. The van der Waals surface area contributed by atoms with Crippen molar-refractivity contribution < 1.29 is 13.9 Å². The quantitative estimate of drug-likeness (QED) is 0.434. The normalized spacial score (nSPS) is 16.2. The molecule has 0 saturated heterocycles. The maximum Gasteiger partial charge on any atom is 0.259 e. The van der Waals surface area contributed by atoms with E-state index in [2.05, 4.69) is 26.1 Å². The highest BCUT2D eigenvalue weighted by molar-refractivity contribution is 7.16. The van der Waals surface area contributed by atoms with Crippen molar-refractivity contribution in [3.8, 4) is 5.75 Å². The number of para-hydroxylation sites is 2. The number of hydrogen-bond acceptors (Lipinski definition) is 5. The van der Waals surface area contributed by atoms with E-state index in [0.29, 0.717) is 28.7 Å². The number of benzene rings is 1. The molecule has 3 aromatic rings. The van der Waals surface area contributed by atoms with Gasteiger partial charge in [0.05, 0.1) is 24.6 Å². The lowest BCUT2D eigenvalue weighted by Gasteiger charge is -2.33. The summed E-state index contributed by atoms with van der Waals surface area (Å²) in [6.45, 7) is 8.79. The lowest BCUT2D eigenvalue weighted by atomic mass is 9.72. The molecule has 168 valence electrons. The Morgan fingerprint density at radius 1 is 1.25 bits per heavy atom. The van der Waals surface area contributed by atoms with Crippen LogP contribution in [-0.4, -0.2) is 19.2 Å². The molecule has 0 bridgehead atoms. The van der Waals surface area contributed by atoms with Crippen molar-refractivity contribution in [3.63, 3.8) is 0 Å². The first kappa shape index (κ1) is 22.3. The summed E-state index contributed by atoms with van der Waals surface area (Å²) in [7, 11) is 1.60. The molecule has 0 saturated carbocycles. The van der Waals surface area contributed by atoms with E-state index < -0.39 is 0 Å². The van der Waals surface area contributed by atoms with E-state index in [0.717, 1.165) is 35.6 Å². The molecule has 1 aliphatic carbocycles. The number of methoxy groups -OCH3 is 1. The highest BCUT2D eigenvalue weighted by Crippen LogP contribution is 2.45. The minimum Gasteiger partial charge on any atom is -0.495 e. The number of thiophene rings is 1. The Hall–Kier alpha value is -2.86. The summed E-state index contributed by atoms with van der Waals surface area (Å²) in [5.74, 6) is 2.58. The molecule has 2 heterocycles. The number of rotatable bonds is 5. The van der Waals surface area contributed by atoms with Gasteiger partial charge in [0.1, 0.15) is 22.3 Å². The third-order valence-electron chi connectivity index (χ3n) is 6.12. The minimum absolute atomic E-state index is 0.149. The first-order valence-corrected chi connectivity index (χ1v) is 11.8. The van der Waals surface area contributed by atoms with Crippen LogP contribution in [0.15, 0.2) is 45.8 Å². The number of aryl methyl sites for hydroxylation is 1. The fourth-order valence-electron chi connectivity index (χ4n) is 4.21. The minimum atomic E-state index is -0.149. The number of anilines is 1. The first-order valence-electron chi connectivity index (χ1n) is 11.0. The van der Waals surface area contributed by atoms with Gasteiger partial charge >= 0.3 is 0 Å². The van der Waals surface area contributed by atoms with Gasteiger partial charge in [-0.05, 0) is 67.3 Å². The van der Waals surface area contributed by atoms with Crippen molar-refractivity contribution in [2.45, 2.75) is 47.0 Å². The molecule has 1 amide bonds. The van der Waals surface area contributed by atoms with Crippen molar-refractivity contribution in [1.82, 2.24) is 0 Å². The van der Waals surface area contributed by atoms with Crippen LogP contribution in [0.1, 0.15) is 59.5 Å². The molecule has 1 unspecified atom stereocenters. The molecule has 1 atom stereocenters. The number of furan rings is 1. The monoisotopic (exact) mass is 450 g/mol. The topological polar surface area (TPSA) is 63.8 Å².